The molecule has 172 valence electrons. The van der Waals surface area contributed by atoms with Gasteiger partial charge in [0.15, 0.2) is 0 Å². The number of nitrogens with zero attached hydrogens (tertiary/aromatic N) is 3. The first kappa shape index (κ1) is 23.5. The minimum Gasteiger partial charge on any atom is -0.494 e. The Hall–Kier alpha value is -2.17. The lowest BCUT2D eigenvalue weighted by Gasteiger charge is -2.34. The Kier molecular flexibility index (Phi) is 8.68. The molecule has 0 saturated carbocycles. The highest BCUT2D eigenvalue weighted by molar-refractivity contribution is 5.51. The molecule has 4 N–H and O–H groups in total. The van der Waals surface area contributed by atoms with Crippen molar-refractivity contribution in [2.45, 2.75) is 57.3 Å². The van der Waals surface area contributed by atoms with Crippen molar-refractivity contribution in [1.82, 2.24) is 9.55 Å². The van der Waals surface area contributed by atoms with Gasteiger partial charge in [0.2, 0.25) is 0 Å². The van der Waals surface area contributed by atoms with Gasteiger partial charge in [0.25, 0.3) is 0 Å². The number of ether oxygens (including phenoxy) is 2. The quantitative estimate of drug-likeness (QED) is 0.537. The minimum atomic E-state index is -1.38. The highest BCUT2D eigenvalue weighted by atomic mass is 16.5. The molecule has 1 aliphatic rings. The summed E-state index contributed by atoms with van der Waals surface area (Å²) in [5.41, 5.74) is 0.812. The highest BCUT2D eigenvalue weighted by Gasteiger charge is 2.34. The molecule has 9 nitrogen and oxygen atoms in total. The zero-order valence-corrected chi connectivity index (χ0v) is 17.9. The summed E-state index contributed by atoms with van der Waals surface area (Å²) in [5.74, 6) is 1.54. The fourth-order valence-electron chi connectivity index (χ4n) is 3.69. The van der Waals surface area contributed by atoms with Crippen LogP contribution in [0.1, 0.15) is 25.6 Å². The molecule has 31 heavy (non-hydrogen) atoms. The Bertz CT molecular complexity index is 801. The second-order valence-electron chi connectivity index (χ2n) is 7.71. The third kappa shape index (κ3) is 6.18. The van der Waals surface area contributed by atoms with E-state index in [1.165, 1.54) is 0 Å². The molecule has 0 fully saturated rings. The van der Waals surface area contributed by atoms with Crippen LogP contribution in [0.15, 0.2) is 36.7 Å². The number of rotatable bonds is 5. The van der Waals surface area contributed by atoms with Crippen molar-refractivity contribution >= 4 is 5.69 Å². The fourth-order valence-corrected chi connectivity index (χ4v) is 3.69. The third-order valence-corrected chi connectivity index (χ3v) is 5.48. The monoisotopic (exact) mass is 435 g/mol. The summed E-state index contributed by atoms with van der Waals surface area (Å²) < 4.78 is 13.5. The molecule has 2 bridgehead atoms. The van der Waals surface area contributed by atoms with Gasteiger partial charge in [-0.3, -0.25) is 0 Å². The van der Waals surface area contributed by atoms with E-state index in [1.54, 1.807) is 6.20 Å². The minimum absolute atomic E-state index is 0.0687. The number of aromatic nitrogens is 2. The standard InChI is InChI=1S/C22H33N3O6/c1-2-24-9-8-23-20(24)14-25-13-18(27)21(29)22(19(28)15-26)31-11-4-3-10-30-17-7-5-6-16(25)12-17/h5-9,12,18-19,21-22,26-29H,2-4,10-11,13-15H2,1H3/t18-,19-,21-,22-/m1/s1. The molecule has 0 unspecified atom stereocenters. The SMILES string of the molecule is CCn1ccnc1CN1C[C@@H](O)[C@@H](O)[C@@H]([C@H](O)CO)OCCCCOc2cccc1c2. The van der Waals surface area contributed by atoms with Gasteiger partial charge in [-0.1, -0.05) is 6.07 Å². The number of aliphatic hydroxyl groups is 4. The van der Waals surface area contributed by atoms with Crippen LogP contribution < -0.4 is 9.64 Å². The Morgan fingerprint density at radius 2 is 2.03 bits per heavy atom. The largest absolute Gasteiger partial charge is 0.494 e. The molecule has 0 saturated heterocycles. The van der Waals surface area contributed by atoms with Crippen LogP contribution in [-0.4, -0.2) is 80.8 Å². The van der Waals surface area contributed by atoms with E-state index in [4.69, 9.17) is 9.47 Å². The van der Waals surface area contributed by atoms with Gasteiger partial charge in [-0.2, -0.15) is 0 Å². The summed E-state index contributed by atoms with van der Waals surface area (Å²) in [7, 11) is 0. The van der Waals surface area contributed by atoms with E-state index in [0.29, 0.717) is 19.6 Å². The summed E-state index contributed by atoms with van der Waals surface area (Å²) in [6, 6.07) is 7.59. The van der Waals surface area contributed by atoms with Gasteiger partial charge in [-0.25, -0.2) is 4.98 Å². The molecule has 3 rings (SSSR count). The van der Waals surface area contributed by atoms with Gasteiger partial charge >= 0.3 is 0 Å². The lowest BCUT2D eigenvalue weighted by Crippen LogP contribution is -2.51. The molecule has 0 amide bonds. The highest BCUT2D eigenvalue weighted by Crippen LogP contribution is 2.25. The van der Waals surface area contributed by atoms with E-state index < -0.39 is 31.0 Å². The van der Waals surface area contributed by atoms with Crippen LogP contribution in [0, 0.1) is 0 Å². The molecule has 1 aliphatic heterocycles. The molecular formula is C22H33N3O6. The maximum atomic E-state index is 10.8. The van der Waals surface area contributed by atoms with Crippen LogP contribution in [0.2, 0.25) is 0 Å². The number of fused-ring (bicyclic) bond motifs is 2. The smallest absolute Gasteiger partial charge is 0.128 e. The summed E-state index contributed by atoms with van der Waals surface area (Å²) in [5, 5.41) is 41.1. The van der Waals surface area contributed by atoms with Crippen molar-refractivity contribution in [3.05, 3.63) is 42.5 Å². The van der Waals surface area contributed by atoms with Crippen molar-refractivity contribution < 1.29 is 29.9 Å². The average molecular weight is 436 g/mol. The first-order valence-electron chi connectivity index (χ1n) is 10.8. The van der Waals surface area contributed by atoms with Gasteiger partial charge in [0.1, 0.15) is 29.9 Å². The third-order valence-electron chi connectivity index (χ3n) is 5.48. The van der Waals surface area contributed by atoms with E-state index in [9.17, 15) is 20.4 Å². The number of benzene rings is 1. The van der Waals surface area contributed by atoms with Crippen molar-refractivity contribution in [1.29, 1.82) is 0 Å². The van der Waals surface area contributed by atoms with Crippen LogP contribution in [0.4, 0.5) is 5.69 Å². The predicted octanol–water partition coefficient (Wildman–Crippen LogP) is 0.542. The van der Waals surface area contributed by atoms with Crippen LogP contribution in [0.25, 0.3) is 0 Å². The second kappa shape index (κ2) is 11.4. The number of aryl methyl sites for hydroxylation is 1. The molecule has 1 aromatic carbocycles. The number of aliphatic hydroxyl groups excluding tert-OH is 4. The second-order valence-corrected chi connectivity index (χ2v) is 7.71. The molecule has 2 aromatic rings. The van der Waals surface area contributed by atoms with Crippen molar-refractivity contribution in [2.24, 2.45) is 0 Å². The van der Waals surface area contributed by atoms with E-state index in [0.717, 1.165) is 30.2 Å². The van der Waals surface area contributed by atoms with Gasteiger partial charge in [0, 0.05) is 43.8 Å². The van der Waals surface area contributed by atoms with E-state index in [2.05, 4.69) is 4.98 Å². The van der Waals surface area contributed by atoms with Crippen molar-refractivity contribution in [2.75, 3.05) is 31.3 Å². The molecular weight excluding hydrogens is 402 g/mol. The fraction of sp³-hybridized carbons (Fsp3) is 0.591. The van der Waals surface area contributed by atoms with Crippen LogP contribution in [-0.2, 0) is 17.8 Å². The number of imidazole rings is 1. The molecule has 9 heteroatoms. The predicted molar refractivity (Wildman–Crippen MR) is 115 cm³/mol. The number of β-amino-alcohol motifs (C(OH)–C–C–N with tert-alkyl or cyclic N) is 1. The number of anilines is 1. The van der Waals surface area contributed by atoms with Gasteiger partial charge < -0.3 is 39.4 Å². The summed E-state index contributed by atoms with van der Waals surface area (Å²) in [6.45, 7) is 3.46. The Morgan fingerprint density at radius 3 is 2.81 bits per heavy atom. The zero-order valence-electron chi connectivity index (χ0n) is 17.9. The summed E-state index contributed by atoms with van der Waals surface area (Å²) in [4.78, 5) is 6.33. The first-order chi connectivity index (χ1) is 15.0. The van der Waals surface area contributed by atoms with Crippen molar-refractivity contribution in [3.63, 3.8) is 0 Å². The normalized spacial score (nSPS) is 24.3. The van der Waals surface area contributed by atoms with Crippen LogP contribution >= 0.6 is 0 Å². The van der Waals surface area contributed by atoms with Gasteiger partial charge in [-0.05, 0) is 31.9 Å². The molecule has 0 radical (unpaired) electrons. The summed E-state index contributed by atoms with van der Waals surface area (Å²) >= 11 is 0. The molecule has 4 atom stereocenters. The average Bonchev–Trinajstić information content (AvgIpc) is 3.24. The topological polar surface area (TPSA) is 120 Å². The Balaban J connectivity index is 1.90. The van der Waals surface area contributed by atoms with Crippen LogP contribution in [0.5, 0.6) is 5.75 Å². The van der Waals surface area contributed by atoms with E-state index in [1.807, 2.05) is 46.9 Å². The van der Waals surface area contributed by atoms with Gasteiger partial charge in [-0.15, -0.1) is 0 Å². The molecule has 0 spiro atoms. The van der Waals surface area contributed by atoms with Crippen LogP contribution in [0.3, 0.4) is 0 Å². The lowest BCUT2D eigenvalue weighted by atomic mass is 10.0. The maximum absolute atomic E-state index is 10.8. The lowest BCUT2D eigenvalue weighted by molar-refractivity contribution is -0.141. The maximum Gasteiger partial charge on any atom is 0.128 e. The first-order valence-corrected chi connectivity index (χ1v) is 10.8. The summed E-state index contributed by atoms with van der Waals surface area (Å²) in [6.07, 6.45) is -0.00655. The van der Waals surface area contributed by atoms with Crippen molar-refractivity contribution in [3.8, 4) is 5.75 Å². The van der Waals surface area contributed by atoms with E-state index in [-0.39, 0.29) is 13.2 Å². The molecule has 1 aromatic heterocycles. The zero-order chi connectivity index (χ0) is 22.2. The molecule has 0 aliphatic carbocycles. The Morgan fingerprint density at radius 1 is 1.23 bits per heavy atom. The Labute approximate surface area is 182 Å². The number of hydrogen-bond donors (Lipinski definition) is 4. The van der Waals surface area contributed by atoms with E-state index >= 15 is 0 Å². The molecule has 2 heterocycles. The number of hydrogen-bond acceptors (Lipinski definition) is 8. The van der Waals surface area contributed by atoms with Gasteiger partial charge in [0.05, 0.1) is 25.9 Å².